The summed E-state index contributed by atoms with van der Waals surface area (Å²) in [6, 6.07) is 6.14. The van der Waals surface area contributed by atoms with Crippen LogP contribution in [0.5, 0.6) is 0 Å². The number of nitrogen functional groups attached to an aromatic ring is 1. The van der Waals surface area contributed by atoms with Gasteiger partial charge in [-0.1, -0.05) is 0 Å². The summed E-state index contributed by atoms with van der Waals surface area (Å²) in [7, 11) is 2.10. The van der Waals surface area contributed by atoms with Crippen LogP contribution in [0.25, 0.3) is 16.9 Å². The molecule has 4 rings (SSSR count). The Balaban J connectivity index is 1.70. The maximum atomic E-state index is 5.91. The van der Waals surface area contributed by atoms with Crippen LogP contribution in [0.4, 0.5) is 11.5 Å². The minimum atomic E-state index is 0.459. The quantitative estimate of drug-likeness (QED) is 0.761. The summed E-state index contributed by atoms with van der Waals surface area (Å²) in [6.07, 6.45) is 7.81. The highest BCUT2D eigenvalue weighted by molar-refractivity contribution is 5.78. The Bertz CT molecular complexity index is 851. The average molecular weight is 323 g/mol. The fourth-order valence-corrected chi connectivity index (χ4v) is 3.20. The number of anilines is 2. The van der Waals surface area contributed by atoms with Gasteiger partial charge in [-0.3, -0.25) is 0 Å². The number of likely N-dealkylation sites (N-methyl/N-ethyl adjacent to an activating group) is 1. The van der Waals surface area contributed by atoms with Crippen LogP contribution in [0.1, 0.15) is 12.8 Å². The normalized spacial score (nSPS) is 18.0. The number of nitrogens with two attached hydrogens (primary N) is 1. The molecule has 3 aromatic heterocycles. The molecule has 124 valence electrons. The molecular formula is C17H21N7. The van der Waals surface area contributed by atoms with Crippen LogP contribution in [0.15, 0.2) is 36.8 Å². The minimum Gasteiger partial charge on any atom is -0.399 e. The molecule has 1 saturated heterocycles. The highest BCUT2D eigenvalue weighted by Gasteiger charge is 2.20. The lowest BCUT2D eigenvalue weighted by molar-refractivity contribution is 0.443. The molecule has 0 spiro atoms. The summed E-state index contributed by atoms with van der Waals surface area (Å²) < 4.78 is 1.79. The van der Waals surface area contributed by atoms with Gasteiger partial charge in [0.1, 0.15) is 5.82 Å². The van der Waals surface area contributed by atoms with Crippen molar-refractivity contribution < 1.29 is 0 Å². The molecule has 0 unspecified atom stereocenters. The number of hydrogen-bond acceptors (Lipinski definition) is 6. The van der Waals surface area contributed by atoms with Crippen molar-refractivity contribution in [2.75, 3.05) is 30.8 Å². The van der Waals surface area contributed by atoms with Crippen LogP contribution in [0.3, 0.4) is 0 Å². The third-order valence-electron chi connectivity index (χ3n) is 4.61. The molecule has 0 amide bonds. The summed E-state index contributed by atoms with van der Waals surface area (Å²) in [4.78, 5) is 11.4. The first-order valence-electron chi connectivity index (χ1n) is 8.22. The molecule has 0 radical (unpaired) electrons. The van der Waals surface area contributed by atoms with E-state index in [4.69, 9.17) is 10.7 Å². The second kappa shape index (κ2) is 6.09. The first-order valence-corrected chi connectivity index (χ1v) is 8.22. The zero-order valence-electron chi connectivity index (χ0n) is 13.7. The van der Waals surface area contributed by atoms with Gasteiger partial charge in [-0.25, -0.2) is 14.5 Å². The smallest absolute Gasteiger partial charge is 0.165 e. The van der Waals surface area contributed by atoms with E-state index in [0.717, 1.165) is 30.0 Å². The number of piperidine rings is 1. The summed E-state index contributed by atoms with van der Waals surface area (Å²) in [5.74, 6) is 1.60. The topological polar surface area (TPSA) is 84.4 Å². The Morgan fingerprint density at radius 3 is 3.12 bits per heavy atom. The van der Waals surface area contributed by atoms with Gasteiger partial charge < -0.3 is 16.0 Å². The van der Waals surface area contributed by atoms with E-state index in [-0.39, 0.29) is 0 Å². The van der Waals surface area contributed by atoms with E-state index >= 15 is 0 Å². The highest BCUT2D eigenvalue weighted by atomic mass is 15.2. The maximum absolute atomic E-state index is 5.91. The van der Waals surface area contributed by atoms with Crippen LogP contribution in [0, 0.1) is 0 Å². The first-order chi connectivity index (χ1) is 11.7. The minimum absolute atomic E-state index is 0.459. The van der Waals surface area contributed by atoms with Crippen LogP contribution in [-0.2, 0) is 0 Å². The van der Waals surface area contributed by atoms with Crippen LogP contribution < -0.4 is 16.0 Å². The van der Waals surface area contributed by atoms with Crippen LogP contribution in [-0.4, -0.2) is 45.8 Å². The molecule has 0 bridgehead atoms. The number of pyridine rings is 1. The van der Waals surface area contributed by atoms with Gasteiger partial charge in [-0.15, -0.1) is 0 Å². The highest BCUT2D eigenvalue weighted by Crippen LogP contribution is 2.25. The molecule has 4 heterocycles. The number of aromatic nitrogens is 4. The lowest BCUT2D eigenvalue weighted by Crippen LogP contribution is -2.44. The molecule has 3 aromatic rings. The van der Waals surface area contributed by atoms with Gasteiger partial charge in [0.2, 0.25) is 0 Å². The van der Waals surface area contributed by atoms with Crippen molar-refractivity contribution in [3.63, 3.8) is 0 Å². The second-order valence-corrected chi connectivity index (χ2v) is 6.20. The summed E-state index contributed by atoms with van der Waals surface area (Å²) in [6.45, 7) is 2.09. The van der Waals surface area contributed by atoms with Gasteiger partial charge in [-0.05, 0) is 37.6 Å². The molecular weight excluding hydrogens is 302 g/mol. The lowest BCUT2D eigenvalue weighted by atomic mass is 10.1. The fourth-order valence-electron chi connectivity index (χ4n) is 3.20. The second-order valence-electron chi connectivity index (χ2n) is 6.20. The van der Waals surface area contributed by atoms with E-state index in [2.05, 4.69) is 27.3 Å². The largest absolute Gasteiger partial charge is 0.399 e. The van der Waals surface area contributed by atoms with Gasteiger partial charge in [-0.2, -0.15) is 5.10 Å². The number of nitrogens with one attached hydrogen (secondary N) is 1. The Morgan fingerprint density at radius 1 is 1.38 bits per heavy atom. The molecule has 24 heavy (non-hydrogen) atoms. The van der Waals surface area contributed by atoms with Gasteiger partial charge in [0, 0.05) is 37.7 Å². The SMILES string of the molecule is CN(c1ccnc(-c2cnn3ccc(N)cc23)n1)[C@@H]1CCCNC1. The van der Waals surface area contributed by atoms with Crippen LogP contribution >= 0.6 is 0 Å². The third-order valence-corrected chi connectivity index (χ3v) is 4.61. The van der Waals surface area contributed by atoms with Crippen LogP contribution in [0.2, 0.25) is 0 Å². The van der Waals surface area contributed by atoms with E-state index in [9.17, 15) is 0 Å². The molecule has 0 aromatic carbocycles. The van der Waals surface area contributed by atoms with Crippen molar-refractivity contribution in [1.82, 2.24) is 24.9 Å². The Hall–Kier alpha value is -2.67. The van der Waals surface area contributed by atoms with Crippen molar-refractivity contribution in [2.45, 2.75) is 18.9 Å². The summed E-state index contributed by atoms with van der Waals surface area (Å²) in [5.41, 5.74) is 8.41. The first kappa shape index (κ1) is 14.9. The molecule has 1 aliphatic rings. The Kier molecular flexibility index (Phi) is 3.78. The van der Waals surface area contributed by atoms with E-state index in [1.54, 1.807) is 16.9 Å². The van der Waals surface area contributed by atoms with E-state index in [1.807, 2.05) is 24.4 Å². The molecule has 7 nitrogen and oxygen atoms in total. The van der Waals surface area contributed by atoms with Gasteiger partial charge in [0.05, 0.1) is 17.3 Å². The Labute approximate surface area is 140 Å². The number of fused-ring (bicyclic) bond motifs is 1. The predicted octanol–water partition coefficient (Wildman–Crippen LogP) is 1.56. The predicted molar refractivity (Wildman–Crippen MR) is 94.9 cm³/mol. The summed E-state index contributed by atoms with van der Waals surface area (Å²) >= 11 is 0. The standard InChI is InChI=1S/C17H21N7/c1-23(13-3-2-6-19-10-13)16-4-7-20-17(22-16)14-11-21-24-8-5-12(18)9-15(14)24/h4-5,7-9,11,13,19H,2-3,6,10,18H2,1H3/t13-/m1/s1. The van der Waals surface area contributed by atoms with Crippen molar-refractivity contribution in [1.29, 1.82) is 0 Å². The molecule has 1 atom stereocenters. The fraction of sp³-hybridized carbons (Fsp3) is 0.353. The number of nitrogens with zero attached hydrogens (tertiary/aromatic N) is 5. The van der Waals surface area contributed by atoms with Gasteiger partial charge >= 0.3 is 0 Å². The molecule has 7 heteroatoms. The van der Waals surface area contributed by atoms with Crippen molar-refractivity contribution in [3.05, 3.63) is 36.8 Å². The van der Waals surface area contributed by atoms with E-state index in [0.29, 0.717) is 17.6 Å². The van der Waals surface area contributed by atoms with Gasteiger partial charge in [0.15, 0.2) is 5.82 Å². The zero-order chi connectivity index (χ0) is 16.5. The summed E-state index contributed by atoms with van der Waals surface area (Å²) in [5, 5.41) is 7.80. The van der Waals surface area contributed by atoms with E-state index < -0.39 is 0 Å². The third kappa shape index (κ3) is 2.67. The molecule has 1 fully saturated rings. The molecule has 0 saturated carbocycles. The Morgan fingerprint density at radius 2 is 2.29 bits per heavy atom. The van der Waals surface area contributed by atoms with Crippen molar-refractivity contribution >= 4 is 17.0 Å². The lowest BCUT2D eigenvalue weighted by Gasteiger charge is -2.32. The zero-order valence-corrected chi connectivity index (χ0v) is 13.7. The van der Waals surface area contributed by atoms with Gasteiger partial charge in [0.25, 0.3) is 0 Å². The van der Waals surface area contributed by atoms with Crippen molar-refractivity contribution in [2.24, 2.45) is 0 Å². The van der Waals surface area contributed by atoms with E-state index in [1.165, 1.54) is 12.8 Å². The van der Waals surface area contributed by atoms with Crippen molar-refractivity contribution in [3.8, 4) is 11.4 Å². The molecule has 0 aliphatic carbocycles. The number of rotatable bonds is 3. The monoisotopic (exact) mass is 323 g/mol. The molecule has 3 N–H and O–H groups in total. The maximum Gasteiger partial charge on any atom is 0.165 e. The number of hydrogen-bond donors (Lipinski definition) is 2. The molecule has 1 aliphatic heterocycles. The average Bonchev–Trinajstić information content (AvgIpc) is 3.05.